The highest BCUT2D eigenvalue weighted by atomic mass is 16.5. The number of carbonyl (C=O) groups is 1. The number of fused-ring (bicyclic) bond motifs is 1. The lowest BCUT2D eigenvalue weighted by Crippen LogP contribution is -2.24. The third-order valence-electron chi connectivity index (χ3n) is 4.08. The molecule has 2 aliphatic heterocycles. The fourth-order valence-electron chi connectivity index (χ4n) is 2.99. The van der Waals surface area contributed by atoms with Crippen LogP contribution in [-0.4, -0.2) is 25.0 Å². The molecule has 0 aliphatic carbocycles. The highest BCUT2D eigenvalue weighted by molar-refractivity contribution is 5.79. The Morgan fingerprint density at radius 3 is 3.21 bits per heavy atom. The molecule has 2 heterocycles. The molecule has 0 aromatic heterocycles. The van der Waals surface area contributed by atoms with E-state index in [0.29, 0.717) is 24.7 Å². The molecule has 3 heteroatoms. The van der Waals surface area contributed by atoms with Crippen molar-refractivity contribution < 1.29 is 9.53 Å². The molecule has 0 bridgehead atoms. The molecule has 1 saturated heterocycles. The molecule has 3 nitrogen and oxygen atoms in total. The van der Waals surface area contributed by atoms with Gasteiger partial charge >= 0.3 is 0 Å². The lowest BCUT2D eigenvalue weighted by Gasteiger charge is -2.09. The highest BCUT2D eigenvalue weighted by Gasteiger charge is 2.17. The van der Waals surface area contributed by atoms with Gasteiger partial charge in [0.1, 0.15) is 11.5 Å². The average Bonchev–Trinajstić information content (AvgIpc) is 3.06. The molecule has 0 saturated carbocycles. The van der Waals surface area contributed by atoms with Gasteiger partial charge in [0.2, 0.25) is 0 Å². The standard InChI is InChI=1S/C16H21NO2/c18-15(11-14-2-1-8-17-14)5-3-12-4-6-16-13(10-12)7-9-19-16/h4,6,10,14,17H,1-3,5,7-9,11H2. The minimum Gasteiger partial charge on any atom is -0.493 e. The summed E-state index contributed by atoms with van der Waals surface area (Å²) in [6.07, 6.45) is 5.60. The van der Waals surface area contributed by atoms with Crippen molar-refractivity contribution in [2.45, 2.75) is 44.6 Å². The maximum absolute atomic E-state index is 11.9. The zero-order chi connectivity index (χ0) is 13.1. The third kappa shape index (κ3) is 3.16. The van der Waals surface area contributed by atoms with Crippen molar-refractivity contribution in [2.24, 2.45) is 0 Å². The number of ether oxygens (including phenoxy) is 1. The topological polar surface area (TPSA) is 38.3 Å². The van der Waals surface area contributed by atoms with E-state index < -0.39 is 0 Å². The van der Waals surface area contributed by atoms with E-state index >= 15 is 0 Å². The lowest BCUT2D eigenvalue weighted by atomic mass is 10.0. The summed E-state index contributed by atoms with van der Waals surface area (Å²) in [5, 5.41) is 3.38. The van der Waals surface area contributed by atoms with Crippen LogP contribution >= 0.6 is 0 Å². The second-order valence-electron chi connectivity index (χ2n) is 5.58. The number of hydrogen-bond acceptors (Lipinski definition) is 3. The Morgan fingerprint density at radius 1 is 1.42 bits per heavy atom. The molecule has 0 radical (unpaired) electrons. The number of nitrogens with one attached hydrogen (secondary N) is 1. The summed E-state index contributed by atoms with van der Waals surface area (Å²) in [5.74, 6) is 1.40. The van der Waals surface area contributed by atoms with Gasteiger partial charge in [-0.25, -0.2) is 0 Å². The van der Waals surface area contributed by atoms with Crippen molar-refractivity contribution in [3.8, 4) is 5.75 Å². The zero-order valence-electron chi connectivity index (χ0n) is 11.3. The number of ketones is 1. The van der Waals surface area contributed by atoms with Crippen LogP contribution in [0.4, 0.5) is 0 Å². The normalized spacial score (nSPS) is 21.2. The Balaban J connectivity index is 1.50. The summed E-state index contributed by atoms with van der Waals surface area (Å²) < 4.78 is 5.49. The maximum atomic E-state index is 11.9. The van der Waals surface area contributed by atoms with Crippen LogP contribution in [0, 0.1) is 0 Å². The van der Waals surface area contributed by atoms with Crippen LogP contribution in [0.3, 0.4) is 0 Å². The van der Waals surface area contributed by atoms with Gasteiger partial charge in [-0.3, -0.25) is 4.79 Å². The van der Waals surface area contributed by atoms with Crippen molar-refractivity contribution in [3.63, 3.8) is 0 Å². The fraction of sp³-hybridized carbons (Fsp3) is 0.562. The van der Waals surface area contributed by atoms with Crippen molar-refractivity contribution in [1.82, 2.24) is 5.32 Å². The summed E-state index contributed by atoms with van der Waals surface area (Å²) >= 11 is 0. The van der Waals surface area contributed by atoms with E-state index in [9.17, 15) is 4.79 Å². The van der Waals surface area contributed by atoms with E-state index in [1.54, 1.807) is 0 Å². The van der Waals surface area contributed by atoms with Gasteiger partial charge in [-0.2, -0.15) is 0 Å². The van der Waals surface area contributed by atoms with Crippen molar-refractivity contribution in [1.29, 1.82) is 0 Å². The molecule has 2 aliphatic rings. The summed E-state index contributed by atoms with van der Waals surface area (Å²) in [6, 6.07) is 6.76. The van der Waals surface area contributed by atoms with Gasteiger partial charge in [0.05, 0.1) is 6.61 Å². The van der Waals surface area contributed by atoms with Crippen molar-refractivity contribution in [2.75, 3.05) is 13.2 Å². The largest absolute Gasteiger partial charge is 0.493 e. The molecule has 1 fully saturated rings. The monoisotopic (exact) mass is 259 g/mol. The Morgan fingerprint density at radius 2 is 2.37 bits per heavy atom. The number of aryl methyl sites for hydroxylation is 1. The molecule has 0 amide bonds. The zero-order valence-corrected chi connectivity index (χ0v) is 11.3. The van der Waals surface area contributed by atoms with E-state index in [-0.39, 0.29) is 0 Å². The predicted molar refractivity (Wildman–Crippen MR) is 74.6 cm³/mol. The smallest absolute Gasteiger partial charge is 0.134 e. The Hall–Kier alpha value is -1.35. The van der Waals surface area contributed by atoms with Crippen LogP contribution in [0.1, 0.15) is 36.8 Å². The molecule has 0 spiro atoms. The Labute approximate surface area is 114 Å². The van der Waals surface area contributed by atoms with Crippen LogP contribution in [0.25, 0.3) is 0 Å². The van der Waals surface area contributed by atoms with Crippen LogP contribution < -0.4 is 10.1 Å². The third-order valence-corrected chi connectivity index (χ3v) is 4.08. The van der Waals surface area contributed by atoms with Crippen LogP contribution in [0.5, 0.6) is 5.75 Å². The number of benzene rings is 1. The summed E-state index contributed by atoms with van der Waals surface area (Å²) in [7, 11) is 0. The molecule has 1 unspecified atom stereocenters. The first-order chi connectivity index (χ1) is 9.31. The Kier molecular flexibility index (Phi) is 3.83. The molecular weight excluding hydrogens is 238 g/mol. The first-order valence-electron chi connectivity index (χ1n) is 7.31. The van der Waals surface area contributed by atoms with Gasteiger partial charge in [-0.1, -0.05) is 12.1 Å². The number of Topliss-reactive ketones (excluding diaryl/α,β-unsaturated/α-hetero) is 1. The lowest BCUT2D eigenvalue weighted by molar-refractivity contribution is -0.119. The molecule has 1 N–H and O–H groups in total. The molecule has 1 atom stereocenters. The van der Waals surface area contributed by atoms with Crippen molar-refractivity contribution >= 4 is 5.78 Å². The molecule has 102 valence electrons. The van der Waals surface area contributed by atoms with Gasteiger partial charge in [0.25, 0.3) is 0 Å². The number of hydrogen-bond donors (Lipinski definition) is 1. The van der Waals surface area contributed by atoms with E-state index in [0.717, 1.165) is 38.2 Å². The second kappa shape index (κ2) is 5.74. The van der Waals surface area contributed by atoms with Crippen LogP contribution in [0.15, 0.2) is 18.2 Å². The summed E-state index contributed by atoms with van der Waals surface area (Å²) in [4.78, 5) is 11.9. The molecule has 1 aromatic carbocycles. The number of rotatable bonds is 5. The summed E-state index contributed by atoms with van der Waals surface area (Å²) in [5.41, 5.74) is 2.55. The quantitative estimate of drug-likeness (QED) is 0.881. The first kappa shape index (κ1) is 12.7. The molecule has 3 rings (SSSR count). The van der Waals surface area contributed by atoms with Crippen molar-refractivity contribution in [3.05, 3.63) is 29.3 Å². The number of carbonyl (C=O) groups excluding carboxylic acids is 1. The Bertz CT molecular complexity index is 464. The van der Waals surface area contributed by atoms with Gasteiger partial charge in [0.15, 0.2) is 0 Å². The molecule has 1 aromatic rings. The van der Waals surface area contributed by atoms with E-state index in [2.05, 4.69) is 17.4 Å². The highest BCUT2D eigenvalue weighted by Crippen LogP contribution is 2.26. The summed E-state index contributed by atoms with van der Waals surface area (Å²) in [6.45, 7) is 1.87. The first-order valence-corrected chi connectivity index (χ1v) is 7.31. The molecule has 19 heavy (non-hydrogen) atoms. The second-order valence-corrected chi connectivity index (χ2v) is 5.58. The minimum absolute atomic E-state index is 0.385. The van der Waals surface area contributed by atoms with Gasteiger partial charge in [-0.15, -0.1) is 0 Å². The van der Waals surface area contributed by atoms with Crippen LogP contribution in [-0.2, 0) is 17.6 Å². The maximum Gasteiger partial charge on any atom is 0.134 e. The fourth-order valence-corrected chi connectivity index (χ4v) is 2.99. The van der Waals surface area contributed by atoms with Gasteiger partial charge in [-0.05, 0) is 43.0 Å². The van der Waals surface area contributed by atoms with E-state index in [1.807, 2.05) is 6.07 Å². The SMILES string of the molecule is O=C(CCc1ccc2c(c1)CCO2)CC1CCCN1. The van der Waals surface area contributed by atoms with Gasteiger partial charge in [0, 0.05) is 25.3 Å². The van der Waals surface area contributed by atoms with E-state index in [1.165, 1.54) is 17.5 Å². The molecular formula is C16H21NO2. The predicted octanol–water partition coefficient (Wildman–Crippen LogP) is 2.27. The average molecular weight is 259 g/mol. The van der Waals surface area contributed by atoms with Gasteiger partial charge < -0.3 is 10.1 Å². The minimum atomic E-state index is 0.385. The van der Waals surface area contributed by atoms with Crippen LogP contribution in [0.2, 0.25) is 0 Å². The van der Waals surface area contributed by atoms with E-state index in [4.69, 9.17) is 4.74 Å².